The monoisotopic (exact) mass is 325 g/mol. The molecule has 1 N–H and O–H groups in total. The Morgan fingerprint density at radius 2 is 1.58 bits per heavy atom. The molecule has 0 aromatic heterocycles. The second kappa shape index (κ2) is 6.45. The lowest BCUT2D eigenvalue weighted by atomic mass is 9.83. The first kappa shape index (κ1) is 16.2. The predicted octanol–water partition coefficient (Wildman–Crippen LogP) is 2.50. The van der Waals surface area contributed by atoms with Gasteiger partial charge in [0.1, 0.15) is 11.5 Å². The summed E-state index contributed by atoms with van der Waals surface area (Å²) in [5, 5.41) is 10.1. The number of phenolic OH excluding ortho intramolecular Hbond substituents is 1. The van der Waals surface area contributed by atoms with Gasteiger partial charge in [0.05, 0.1) is 17.7 Å². The maximum absolute atomic E-state index is 12.8. The molecular weight excluding hydrogens is 306 g/mol. The summed E-state index contributed by atoms with van der Waals surface area (Å²) in [6, 6.07) is 9.59. The Bertz CT molecular complexity index is 811. The lowest BCUT2D eigenvalue weighted by Crippen LogP contribution is -2.22. The topological polar surface area (TPSA) is 66.8 Å². The molecule has 5 heteroatoms. The van der Waals surface area contributed by atoms with Crippen LogP contribution < -0.4 is 4.74 Å². The van der Waals surface area contributed by atoms with Crippen molar-refractivity contribution in [3.8, 4) is 11.5 Å². The van der Waals surface area contributed by atoms with E-state index in [2.05, 4.69) is 0 Å². The largest absolute Gasteiger partial charge is 0.507 e. The van der Waals surface area contributed by atoms with E-state index < -0.39 is 0 Å². The molecular formula is C19H19NO4. The van der Waals surface area contributed by atoms with Gasteiger partial charge in [0.15, 0.2) is 11.6 Å². The van der Waals surface area contributed by atoms with E-state index in [-0.39, 0.29) is 28.4 Å². The summed E-state index contributed by atoms with van der Waals surface area (Å²) >= 11 is 0. The van der Waals surface area contributed by atoms with Crippen LogP contribution in [0.5, 0.6) is 11.5 Å². The zero-order valence-corrected chi connectivity index (χ0v) is 13.7. The molecule has 5 nitrogen and oxygen atoms in total. The van der Waals surface area contributed by atoms with Crippen molar-refractivity contribution in [3.05, 3.63) is 58.7 Å². The number of carbonyl (C=O) groups is 2. The van der Waals surface area contributed by atoms with Gasteiger partial charge in [-0.05, 0) is 32.6 Å². The number of fused-ring (bicyclic) bond motifs is 2. The van der Waals surface area contributed by atoms with Crippen molar-refractivity contribution in [1.29, 1.82) is 0 Å². The van der Waals surface area contributed by atoms with E-state index in [0.717, 1.165) is 13.0 Å². The van der Waals surface area contributed by atoms with Crippen molar-refractivity contribution < 1.29 is 19.4 Å². The molecule has 124 valence electrons. The Morgan fingerprint density at radius 3 is 2.21 bits per heavy atom. The average Bonchev–Trinajstić information content (AvgIpc) is 2.57. The molecule has 1 aliphatic carbocycles. The molecule has 0 saturated heterocycles. The van der Waals surface area contributed by atoms with Crippen LogP contribution in [0.4, 0.5) is 0 Å². The number of carbonyl (C=O) groups excluding carboxylic acids is 2. The Balaban J connectivity index is 1.98. The number of benzene rings is 2. The van der Waals surface area contributed by atoms with Crippen molar-refractivity contribution >= 4 is 11.6 Å². The van der Waals surface area contributed by atoms with Gasteiger partial charge in [-0.25, -0.2) is 0 Å². The van der Waals surface area contributed by atoms with Crippen LogP contribution in [-0.4, -0.2) is 48.8 Å². The maximum atomic E-state index is 12.8. The standard InChI is InChI=1S/C19H19NO4/c1-20(2)10-5-11-24-15-9-8-14(21)16-17(15)19(23)13-7-4-3-6-12(13)18(16)22/h3-4,6-9,21H,5,10-11H2,1-2H3. The molecule has 2 aromatic rings. The highest BCUT2D eigenvalue weighted by molar-refractivity contribution is 6.30. The molecule has 0 aliphatic heterocycles. The highest BCUT2D eigenvalue weighted by Crippen LogP contribution is 2.37. The van der Waals surface area contributed by atoms with Crippen LogP contribution >= 0.6 is 0 Å². The number of hydrogen-bond acceptors (Lipinski definition) is 5. The van der Waals surface area contributed by atoms with Gasteiger partial charge >= 0.3 is 0 Å². The van der Waals surface area contributed by atoms with Crippen LogP contribution in [0, 0.1) is 0 Å². The third-order valence-electron chi connectivity index (χ3n) is 4.02. The summed E-state index contributed by atoms with van der Waals surface area (Å²) in [6.45, 7) is 1.29. The fourth-order valence-electron chi connectivity index (χ4n) is 2.86. The lowest BCUT2D eigenvalue weighted by Gasteiger charge is -2.21. The zero-order chi connectivity index (χ0) is 17.3. The van der Waals surface area contributed by atoms with Crippen molar-refractivity contribution in [2.24, 2.45) is 0 Å². The van der Waals surface area contributed by atoms with Gasteiger partial charge in [0.25, 0.3) is 0 Å². The lowest BCUT2D eigenvalue weighted by molar-refractivity contribution is 0.0973. The van der Waals surface area contributed by atoms with Crippen molar-refractivity contribution in [3.63, 3.8) is 0 Å². The molecule has 0 unspecified atom stereocenters. The molecule has 0 fully saturated rings. The fraction of sp³-hybridized carbons (Fsp3) is 0.263. The number of ether oxygens (including phenoxy) is 1. The van der Waals surface area contributed by atoms with Crippen molar-refractivity contribution in [1.82, 2.24) is 4.90 Å². The average molecular weight is 325 g/mol. The number of phenols is 1. The number of nitrogens with zero attached hydrogens (tertiary/aromatic N) is 1. The third-order valence-corrected chi connectivity index (χ3v) is 4.02. The van der Waals surface area contributed by atoms with Gasteiger partial charge in [-0.2, -0.15) is 0 Å². The summed E-state index contributed by atoms with van der Waals surface area (Å²) in [6.07, 6.45) is 0.793. The van der Waals surface area contributed by atoms with E-state index in [9.17, 15) is 14.7 Å². The minimum atomic E-state index is -0.351. The second-order valence-corrected chi connectivity index (χ2v) is 6.04. The quantitative estimate of drug-likeness (QED) is 0.730. The fourth-order valence-corrected chi connectivity index (χ4v) is 2.86. The third kappa shape index (κ3) is 2.78. The summed E-state index contributed by atoms with van der Waals surface area (Å²) in [5.74, 6) is -0.497. The highest BCUT2D eigenvalue weighted by Gasteiger charge is 2.34. The summed E-state index contributed by atoms with van der Waals surface area (Å²) in [5.41, 5.74) is 0.848. The molecule has 0 radical (unpaired) electrons. The normalized spacial score (nSPS) is 13.0. The van der Waals surface area contributed by atoms with E-state index in [1.807, 2.05) is 19.0 Å². The number of ketones is 2. The first-order valence-corrected chi connectivity index (χ1v) is 7.82. The maximum Gasteiger partial charge on any atom is 0.198 e. The summed E-state index contributed by atoms with van der Waals surface area (Å²) < 4.78 is 5.73. The molecule has 0 bridgehead atoms. The van der Waals surface area contributed by atoms with Crippen LogP contribution in [0.1, 0.15) is 38.3 Å². The van der Waals surface area contributed by atoms with E-state index in [1.165, 1.54) is 6.07 Å². The van der Waals surface area contributed by atoms with E-state index in [1.54, 1.807) is 30.3 Å². The molecule has 2 aromatic carbocycles. The van der Waals surface area contributed by atoms with Crippen LogP contribution in [0.2, 0.25) is 0 Å². The van der Waals surface area contributed by atoms with Gasteiger partial charge in [0.2, 0.25) is 0 Å². The SMILES string of the molecule is CN(C)CCCOc1ccc(O)c2c1C(=O)c1ccccc1C2=O. The number of aromatic hydroxyl groups is 1. The van der Waals surface area contributed by atoms with Gasteiger partial charge in [-0.1, -0.05) is 24.3 Å². The number of rotatable bonds is 5. The van der Waals surface area contributed by atoms with Gasteiger partial charge in [-0.15, -0.1) is 0 Å². The Morgan fingerprint density at radius 1 is 0.958 bits per heavy atom. The smallest absolute Gasteiger partial charge is 0.198 e. The zero-order valence-electron chi connectivity index (χ0n) is 13.7. The number of hydrogen-bond donors (Lipinski definition) is 1. The van der Waals surface area contributed by atoms with Crippen molar-refractivity contribution in [2.45, 2.75) is 6.42 Å². The first-order chi connectivity index (χ1) is 11.5. The molecule has 0 heterocycles. The molecule has 3 rings (SSSR count). The van der Waals surface area contributed by atoms with Gasteiger partial charge in [0, 0.05) is 17.7 Å². The van der Waals surface area contributed by atoms with Crippen LogP contribution in [0.15, 0.2) is 36.4 Å². The highest BCUT2D eigenvalue weighted by atomic mass is 16.5. The molecule has 0 amide bonds. The Labute approximate surface area is 140 Å². The van der Waals surface area contributed by atoms with E-state index in [0.29, 0.717) is 23.5 Å². The van der Waals surface area contributed by atoms with E-state index >= 15 is 0 Å². The van der Waals surface area contributed by atoms with Gasteiger partial charge < -0.3 is 14.7 Å². The summed E-state index contributed by atoms with van der Waals surface area (Å²) in [7, 11) is 3.95. The molecule has 1 aliphatic rings. The molecule has 24 heavy (non-hydrogen) atoms. The Kier molecular flexibility index (Phi) is 4.36. The van der Waals surface area contributed by atoms with E-state index in [4.69, 9.17) is 4.74 Å². The minimum absolute atomic E-state index is 0.0313. The minimum Gasteiger partial charge on any atom is -0.507 e. The second-order valence-electron chi connectivity index (χ2n) is 6.04. The van der Waals surface area contributed by atoms with Crippen LogP contribution in [-0.2, 0) is 0 Å². The van der Waals surface area contributed by atoms with Crippen molar-refractivity contribution in [2.75, 3.05) is 27.2 Å². The molecule has 0 spiro atoms. The molecule has 0 saturated carbocycles. The van der Waals surface area contributed by atoms with Gasteiger partial charge in [-0.3, -0.25) is 9.59 Å². The molecule has 0 atom stereocenters. The first-order valence-electron chi connectivity index (χ1n) is 7.82. The predicted molar refractivity (Wildman–Crippen MR) is 90.1 cm³/mol. The van der Waals surface area contributed by atoms with Crippen LogP contribution in [0.3, 0.4) is 0 Å². The summed E-state index contributed by atoms with van der Waals surface area (Å²) in [4.78, 5) is 27.5. The Hall–Kier alpha value is -2.66. The van der Waals surface area contributed by atoms with Crippen LogP contribution in [0.25, 0.3) is 0 Å².